The Hall–Kier alpha value is -2.82. The summed E-state index contributed by atoms with van der Waals surface area (Å²) in [5.41, 5.74) is -2.06. The molecular formula is C10H9N3O5. The number of aliphatic carboxylic acids is 1. The van der Waals surface area contributed by atoms with Crippen molar-refractivity contribution in [3.63, 3.8) is 0 Å². The summed E-state index contributed by atoms with van der Waals surface area (Å²) in [5, 5.41) is 8.61. The molecule has 1 rings (SSSR count). The quantitative estimate of drug-likeness (QED) is 0.546. The van der Waals surface area contributed by atoms with E-state index >= 15 is 0 Å². The lowest BCUT2D eigenvalue weighted by atomic mass is 10.3. The second-order valence-corrected chi connectivity index (χ2v) is 3.24. The Morgan fingerprint density at radius 1 is 1.44 bits per heavy atom. The maximum Gasteiger partial charge on any atom is 0.325 e. The van der Waals surface area contributed by atoms with Crippen LogP contribution >= 0.6 is 0 Å². The zero-order valence-electron chi connectivity index (χ0n) is 9.10. The molecule has 0 aromatic carbocycles. The van der Waals surface area contributed by atoms with Crippen LogP contribution in [0, 0.1) is 12.3 Å². The lowest BCUT2D eigenvalue weighted by molar-refractivity contribution is -0.137. The predicted molar refractivity (Wildman–Crippen MR) is 60.1 cm³/mol. The predicted octanol–water partition coefficient (Wildman–Crippen LogP) is -1.78. The first-order chi connectivity index (χ1) is 8.45. The molecule has 0 saturated heterocycles. The SMILES string of the molecule is C#CCN(CC(=O)O)C(=O)c1c[nH]c(=O)[nH]c1=O. The van der Waals surface area contributed by atoms with Crippen molar-refractivity contribution in [2.45, 2.75) is 0 Å². The molecule has 0 atom stereocenters. The van der Waals surface area contributed by atoms with Gasteiger partial charge in [-0.1, -0.05) is 5.92 Å². The Balaban J connectivity index is 3.10. The molecule has 3 N–H and O–H groups in total. The number of amides is 1. The molecule has 0 spiro atoms. The summed E-state index contributed by atoms with van der Waals surface area (Å²) in [6.45, 7) is -0.898. The number of carbonyl (C=O) groups excluding carboxylic acids is 1. The van der Waals surface area contributed by atoms with Crippen LogP contribution in [0.4, 0.5) is 0 Å². The highest BCUT2D eigenvalue weighted by molar-refractivity contribution is 5.95. The molecule has 0 unspecified atom stereocenters. The number of rotatable bonds is 4. The molecule has 18 heavy (non-hydrogen) atoms. The van der Waals surface area contributed by atoms with E-state index in [1.165, 1.54) is 0 Å². The fourth-order valence-electron chi connectivity index (χ4n) is 1.21. The molecule has 94 valence electrons. The van der Waals surface area contributed by atoms with Crippen molar-refractivity contribution < 1.29 is 14.7 Å². The van der Waals surface area contributed by atoms with Crippen LogP contribution in [0.3, 0.4) is 0 Å². The molecule has 1 heterocycles. The smallest absolute Gasteiger partial charge is 0.325 e. The van der Waals surface area contributed by atoms with Crippen molar-refractivity contribution in [2.24, 2.45) is 0 Å². The molecule has 0 saturated carbocycles. The maximum absolute atomic E-state index is 11.8. The number of terminal acetylenes is 1. The fraction of sp³-hybridized carbons (Fsp3) is 0.200. The van der Waals surface area contributed by atoms with E-state index in [9.17, 15) is 19.2 Å². The third-order valence-electron chi connectivity index (χ3n) is 1.95. The van der Waals surface area contributed by atoms with Gasteiger partial charge in [0, 0.05) is 6.20 Å². The highest BCUT2D eigenvalue weighted by atomic mass is 16.4. The van der Waals surface area contributed by atoms with Gasteiger partial charge in [-0.15, -0.1) is 6.42 Å². The Morgan fingerprint density at radius 3 is 2.61 bits per heavy atom. The second-order valence-electron chi connectivity index (χ2n) is 3.24. The molecule has 1 aromatic heterocycles. The van der Waals surface area contributed by atoms with E-state index in [1.54, 1.807) is 0 Å². The second kappa shape index (κ2) is 5.49. The Bertz CT molecular complexity index is 621. The maximum atomic E-state index is 11.8. The van der Waals surface area contributed by atoms with Gasteiger partial charge in [0.1, 0.15) is 12.1 Å². The summed E-state index contributed by atoms with van der Waals surface area (Å²) in [6, 6.07) is 0. The number of aromatic nitrogens is 2. The van der Waals surface area contributed by atoms with Crippen LogP contribution in [0.15, 0.2) is 15.8 Å². The fourth-order valence-corrected chi connectivity index (χ4v) is 1.21. The number of aromatic amines is 2. The van der Waals surface area contributed by atoms with Crippen molar-refractivity contribution in [3.8, 4) is 12.3 Å². The number of hydrogen-bond acceptors (Lipinski definition) is 4. The number of nitrogens with zero attached hydrogens (tertiary/aromatic N) is 1. The molecule has 0 aliphatic rings. The number of carboxylic acid groups (broad SMARTS) is 1. The van der Waals surface area contributed by atoms with Gasteiger partial charge >= 0.3 is 11.7 Å². The molecule has 8 heteroatoms. The molecule has 1 amide bonds. The molecule has 0 aliphatic carbocycles. The van der Waals surface area contributed by atoms with Crippen molar-refractivity contribution in [3.05, 3.63) is 32.6 Å². The lowest BCUT2D eigenvalue weighted by Crippen LogP contribution is -2.40. The van der Waals surface area contributed by atoms with Crippen LogP contribution < -0.4 is 11.2 Å². The average molecular weight is 251 g/mol. The van der Waals surface area contributed by atoms with Crippen molar-refractivity contribution in [2.75, 3.05) is 13.1 Å². The van der Waals surface area contributed by atoms with E-state index in [0.717, 1.165) is 11.1 Å². The van der Waals surface area contributed by atoms with E-state index in [2.05, 4.69) is 10.9 Å². The zero-order valence-corrected chi connectivity index (χ0v) is 9.10. The molecule has 0 bridgehead atoms. The van der Waals surface area contributed by atoms with Gasteiger partial charge in [0.05, 0.1) is 6.54 Å². The van der Waals surface area contributed by atoms with Gasteiger partial charge in [-0.25, -0.2) is 4.79 Å². The third-order valence-corrected chi connectivity index (χ3v) is 1.95. The van der Waals surface area contributed by atoms with Gasteiger partial charge in [0.15, 0.2) is 0 Å². The zero-order chi connectivity index (χ0) is 13.7. The summed E-state index contributed by atoms with van der Waals surface area (Å²) in [4.78, 5) is 49.3. The van der Waals surface area contributed by atoms with Gasteiger partial charge in [0.25, 0.3) is 11.5 Å². The number of H-pyrrole nitrogens is 2. The summed E-state index contributed by atoms with van der Waals surface area (Å²) in [5.74, 6) is -0.0199. The van der Waals surface area contributed by atoms with Crippen molar-refractivity contribution >= 4 is 11.9 Å². The van der Waals surface area contributed by atoms with Crippen LogP contribution in [0.5, 0.6) is 0 Å². The number of hydrogen-bond donors (Lipinski definition) is 3. The summed E-state index contributed by atoms with van der Waals surface area (Å²) in [7, 11) is 0. The van der Waals surface area contributed by atoms with Crippen LogP contribution in [-0.2, 0) is 4.79 Å². The van der Waals surface area contributed by atoms with Crippen LogP contribution in [0.1, 0.15) is 10.4 Å². The topological polar surface area (TPSA) is 123 Å². The van der Waals surface area contributed by atoms with E-state index in [4.69, 9.17) is 11.5 Å². The van der Waals surface area contributed by atoms with Crippen LogP contribution in [0.25, 0.3) is 0 Å². The standard InChI is InChI=1S/C10H9N3O5/c1-2-3-13(5-7(14)15)9(17)6-4-11-10(18)12-8(6)16/h1,4H,3,5H2,(H,14,15)(H2,11,12,16,18). The molecule has 8 nitrogen and oxygen atoms in total. The van der Waals surface area contributed by atoms with Gasteiger partial charge in [-0.2, -0.15) is 0 Å². The van der Waals surface area contributed by atoms with Gasteiger partial charge in [0.2, 0.25) is 0 Å². The summed E-state index contributed by atoms with van der Waals surface area (Å²) in [6.07, 6.45) is 5.91. The largest absolute Gasteiger partial charge is 0.480 e. The normalized spacial score (nSPS) is 9.50. The monoisotopic (exact) mass is 251 g/mol. The number of carboxylic acids is 1. The lowest BCUT2D eigenvalue weighted by Gasteiger charge is -2.16. The highest BCUT2D eigenvalue weighted by Crippen LogP contribution is 1.97. The molecular weight excluding hydrogens is 242 g/mol. The third kappa shape index (κ3) is 3.08. The minimum absolute atomic E-state index is 0.260. The first kappa shape index (κ1) is 13.2. The first-order valence-electron chi connectivity index (χ1n) is 4.72. The molecule has 0 aliphatic heterocycles. The van der Waals surface area contributed by atoms with E-state index in [1.807, 2.05) is 4.98 Å². The van der Waals surface area contributed by atoms with Gasteiger partial charge < -0.3 is 15.0 Å². The van der Waals surface area contributed by atoms with Crippen molar-refractivity contribution in [1.82, 2.24) is 14.9 Å². The molecule has 0 radical (unpaired) electrons. The summed E-state index contributed by atoms with van der Waals surface area (Å²) >= 11 is 0. The van der Waals surface area contributed by atoms with Crippen LogP contribution in [0.2, 0.25) is 0 Å². The van der Waals surface area contributed by atoms with Gasteiger partial charge in [-0.3, -0.25) is 19.4 Å². The number of nitrogens with one attached hydrogen (secondary N) is 2. The minimum atomic E-state index is -1.26. The van der Waals surface area contributed by atoms with E-state index in [0.29, 0.717) is 0 Å². The highest BCUT2D eigenvalue weighted by Gasteiger charge is 2.20. The Kier molecular flexibility index (Phi) is 4.04. The first-order valence-corrected chi connectivity index (χ1v) is 4.72. The Morgan fingerprint density at radius 2 is 2.11 bits per heavy atom. The van der Waals surface area contributed by atoms with Gasteiger partial charge in [-0.05, 0) is 0 Å². The van der Waals surface area contributed by atoms with E-state index in [-0.39, 0.29) is 12.1 Å². The van der Waals surface area contributed by atoms with Crippen molar-refractivity contribution in [1.29, 1.82) is 0 Å². The molecule has 0 fully saturated rings. The van der Waals surface area contributed by atoms with E-state index < -0.39 is 29.7 Å². The summed E-state index contributed by atoms with van der Waals surface area (Å²) < 4.78 is 0. The minimum Gasteiger partial charge on any atom is -0.480 e. The Labute approximate surface area is 100 Å². The molecule has 1 aromatic rings. The number of carbonyl (C=O) groups is 2. The average Bonchev–Trinajstić information content (AvgIpc) is 2.27. The van der Waals surface area contributed by atoms with Crippen LogP contribution in [-0.4, -0.2) is 44.9 Å².